The van der Waals surface area contributed by atoms with Crippen molar-refractivity contribution in [2.75, 3.05) is 24.3 Å². The van der Waals surface area contributed by atoms with Crippen LogP contribution in [0.15, 0.2) is 39.9 Å². The average Bonchev–Trinajstić information content (AvgIpc) is 2.60. The lowest BCUT2D eigenvalue weighted by Crippen LogP contribution is -2.42. The van der Waals surface area contributed by atoms with Crippen LogP contribution in [-0.2, 0) is 18.3 Å². The standard InChI is InChI=1S/C17H24N4O3/c1-4-24-11-12(2)19-14-15(18)21(17(23)20(3)16(14)22)10-13-8-6-5-7-9-13/h5-9,12,19H,4,10-11,18H2,1-3H3. The van der Waals surface area contributed by atoms with Crippen molar-refractivity contribution in [2.45, 2.75) is 26.4 Å². The van der Waals surface area contributed by atoms with E-state index in [0.29, 0.717) is 19.8 Å². The summed E-state index contributed by atoms with van der Waals surface area (Å²) in [6.45, 7) is 5.12. The first-order valence-corrected chi connectivity index (χ1v) is 7.93. The molecule has 130 valence electrons. The Hall–Kier alpha value is -2.54. The van der Waals surface area contributed by atoms with Gasteiger partial charge in [0.15, 0.2) is 0 Å². The van der Waals surface area contributed by atoms with Crippen LogP contribution in [0.25, 0.3) is 0 Å². The highest BCUT2D eigenvalue weighted by Crippen LogP contribution is 2.14. The minimum Gasteiger partial charge on any atom is -0.383 e. The van der Waals surface area contributed by atoms with Crippen molar-refractivity contribution in [1.29, 1.82) is 0 Å². The zero-order chi connectivity index (χ0) is 17.7. The quantitative estimate of drug-likeness (QED) is 0.790. The van der Waals surface area contributed by atoms with Crippen molar-refractivity contribution in [2.24, 2.45) is 7.05 Å². The summed E-state index contributed by atoms with van der Waals surface area (Å²) in [6, 6.07) is 9.38. The Morgan fingerprint density at radius 1 is 1.25 bits per heavy atom. The molecule has 0 saturated heterocycles. The van der Waals surface area contributed by atoms with Gasteiger partial charge < -0.3 is 15.8 Å². The second kappa shape index (κ2) is 7.83. The summed E-state index contributed by atoms with van der Waals surface area (Å²) >= 11 is 0. The molecule has 7 nitrogen and oxygen atoms in total. The van der Waals surface area contributed by atoms with Gasteiger partial charge in [-0.1, -0.05) is 30.3 Å². The molecule has 0 fully saturated rings. The number of hydrogen-bond acceptors (Lipinski definition) is 5. The van der Waals surface area contributed by atoms with Crippen molar-refractivity contribution in [1.82, 2.24) is 9.13 Å². The molecular formula is C17H24N4O3. The topological polar surface area (TPSA) is 91.3 Å². The number of nitrogens with two attached hydrogens (primary N) is 1. The highest BCUT2D eigenvalue weighted by Gasteiger charge is 2.17. The third kappa shape index (κ3) is 3.86. The second-order valence-electron chi connectivity index (χ2n) is 5.68. The maximum Gasteiger partial charge on any atom is 0.332 e. The van der Waals surface area contributed by atoms with Crippen LogP contribution >= 0.6 is 0 Å². The van der Waals surface area contributed by atoms with Gasteiger partial charge in [0.25, 0.3) is 5.56 Å². The van der Waals surface area contributed by atoms with Gasteiger partial charge in [-0.15, -0.1) is 0 Å². The number of ether oxygens (including phenoxy) is 1. The molecule has 1 aromatic carbocycles. The van der Waals surface area contributed by atoms with E-state index < -0.39 is 11.2 Å². The van der Waals surface area contributed by atoms with Gasteiger partial charge in [-0.2, -0.15) is 0 Å². The maximum atomic E-state index is 12.4. The Morgan fingerprint density at radius 3 is 2.54 bits per heavy atom. The zero-order valence-corrected chi connectivity index (χ0v) is 14.3. The molecule has 1 heterocycles. The summed E-state index contributed by atoms with van der Waals surface area (Å²) in [4.78, 5) is 24.8. The molecule has 1 unspecified atom stereocenters. The minimum atomic E-state index is -0.440. The molecule has 1 atom stereocenters. The number of nitrogens with zero attached hydrogens (tertiary/aromatic N) is 2. The maximum absolute atomic E-state index is 12.4. The molecule has 2 rings (SSSR count). The number of hydrogen-bond donors (Lipinski definition) is 2. The van der Waals surface area contributed by atoms with E-state index in [1.54, 1.807) is 0 Å². The van der Waals surface area contributed by atoms with Crippen LogP contribution in [0.5, 0.6) is 0 Å². The SMILES string of the molecule is CCOCC(C)Nc1c(N)n(Cc2ccccc2)c(=O)n(C)c1=O. The number of nitrogens with one attached hydrogen (secondary N) is 1. The molecular weight excluding hydrogens is 308 g/mol. The van der Waals surface area contributed by atoms with E-state index in [2.05, 4.69) is 5.32 Å². The first kappa shape index (κ1) is 17.8. The van der Waals surface area contributed by atoms with Crippen LogP contribution in [0.3, 0.4) is 0 Å². The van der Waals surface area contributed by atoms with Crippen molar-refractivity contribution < 1.29 is 4.74 Å². The summed E-state index contributed by atoms with van der Waals surface area (Å²) in [6.07, 6.45) is 0. The van der Waals surface area contributed by atoms with Crippen molar-refractivity contribution in [3.8, 4) is 0 Å². The lowest BCUT2D eigenvalue weighted by molar-refractivity contribution is 0.141. The van der Waals surface area contributed by atoms with Crippen LogP contribution in [0.4, 0.5) is 11.5 Å². The van der Waals surface area contributed by atoms with Crippen molar-refractivity contribution in [3.05, 3.63) is 56.7 Å². The predicted octanol–water partition coefficient (Wildman–Crippen LogP) is 1.01. The van der Waals surface area contributed by atoms with Crippen LogP contribution in [0.2, 0.25) is 0 Å². The summed E-state index contributed by atoms with van der Waals surface area (Å²) in [5, 5.41) is 3.06. The van der Waals surface area contributed by atoms with Gasteiger partial charge in [0.05, 0.1) is 13.2 Å². The summed E-state index contributed by atoms with van der Waals surface area (Å²) in [5.74, 6) is 0.135. The van der Waals surface area contributed by atoms with Gasteiger partial charge in [-0.05, 0) is 19.4 Å². The van der Waals surface area contributed by atoms with Crippen LogP contribution in [0, 0.1) is 0 Å². The highest BCUT2D eigenvalue weighted by molar-refractivity contribution is 5.61. The van der Waals surface area contributed by atoms with E-state index in [-0.39, 0.29) is 17.5 Å². The summed E-state index contributed by atoms with van der Waals surface area (Å²) < 4.78 is 7.81. The lowest BCUT2D eigenvalue weighted by Gasteiger charge is -2.19. The van der Waals surface area contributed by atoms with Crippen LogP contribution < -0.4 is 22.3 Å². The Morgan fingerprint density at radius 2 is 1.92 bits per heavy atom. The van der Waals surface area contributed by atoms with Gasteiger partial charge in [-0.25, -0.2) is 4.79 Å². The van der Waals surface area contributed by atoms with E-state index in [1.165, 1.54) is 11.6 Å². The Labute approximate surface area is 140 Å². The number of anilines is 2. The number of benzene rings is 1. The van der Waals surface area contributed by atoms with E-state index in [9.17, 15) is 9.59 Å². The number of rotatable bonds is 7. The number of aromatic nitrogens is 2. The fraction of sp³-hybridized carbons (Fsp3) is 0.412. The smallest absolute Gasteiger partial charge is 0.332 e. The van der Waals surface area contributed by atoms with E-state index in [4.69, 9.17) is 10.5 Å². The van der Waals surface area contributed by atoms with Gasteiger partial charge in [0, 0.05) is 19.7 Å². The average molecular weight is 332 g/mol. The second-order valence-corrected chi connectivity index (χ2v) is 5.68. The lowest BCUT2D eigenvalue weighted by atomic mass is 10.2. The molecule has 0 spiro atoms. The molecule has 3 N–H and O–H groups in total. The first-order chi connectivity index (χ1) is 11.5. The van der Waals surface area contributed by atoms with Crippen LogP contribution in [-0.4, -0.2) is 28.4 Å². The molecule has 2 aromatic rings. The van der Waals surface area contributed by atoms with E-state index in [1.807, 2.05) is 44.2 Å². The van der Waals surface area contributed by atoms with Crippen molar-refractivity contribution >= 4 is 11.5 Å². The molecule has 0 amide bonds. The van der Waals surface area contributed by atoms with Gasteiger partial charge in [0.2, 0.25) is 0 Å². The third-order valence-electron chi connectivity index (χ3n) is 3.73. The molecule has 0 aliphatic heterocycles. The molecule has 1 aromatic heterocycles. The molecule has 0 aliphatic rings. The largest absolute Gasteiger partial charge is 0.383 e. The van der Waals surface area contributed by atoms with E-state index >= 15 is 0 Å². The normalized spacial score (nSPS) is 12.1. The molecule has 0 saturated carbocycles. The fourth-order valence-electron chi connectivity index (χ4n) is 2.42. The van der Waals surface area contributed by atoms with Gasteiger partial charge in [-0.3, -0.25) is 13.9 Å². The Bertz CT molecular complexity index is 796. The monoisotopic (exact) mass is 332 g/mol. The highest BCUT2D eigenvalue weighted by atomic mass is 16.5. The summed E-state index contributed by atoms with van der Waals surface area (Å²) in [5.41, 5.74) is 6.40. The van der Waals surface area contributed by atoms with Crippen molar-refractivity contribution in [3.63, 3.8) is 0 Å². The summed E-state index contributed by atoms with van der Waals surface area (Å²) in [7, 11) is 1.45. The first-order valence-electron chi connectivity index (χ1n) is 7.93. The van der Waals surface area contributed by atoms with Gasteiger partial charge in [0.1, 0.15) is 11.5 Å². The van der Waals surface area contributed by atoms with E-state index in [0.717, 1.165) is 10.1 Å². The molecule has 24 heavy (non-hydrogen) atoms. The molecule has 7 heteroatoms. The zero-order valence-electron chi connectivity index (χ0n) is 14.3. The molecule has 0 bridgehead atoms. The third-order valence-corrected chi connectivity index (χ3v) is 3.73. The Balaban J connectivity index is 2.41. The van der Waals surface area contributed by atoms with Crippen LogP contribution in [0.1, 0.15) is 19.4 Å². The molecule has 0 radical (unpaired) electrons. The van der Waals surface area contributed by atoms with Gasteiger partial charge >= 0.3 is 5.69 Å². The number of nitrogen functional groups attached to an aromatic ring is 1. The fourth-order valence-corrected chi connectivity index (χ4v) is 2.42. The Kier molecular flexibility index (Phi) is 5.81. The molecule has 0 aliphatic carbocycles. The predicted molar refractivity (Wildman–Crippen MR) is 95.5 cm³/mol. The minimum absolute atomic E-state index is 0.109.